The van der Waals surface area contributed by atoms with Crippen LogP contribution in [-0.2, 0) is 4.74 Å². The number of rotatable bonds is 6. The first-order valence-corrected chi connectivity index (χ1v) is 6.22. The molecular formula is C12H16F5NO. The Morgan fingerprint density at radius 1 is 1.21 bits per heavy atom. The van der Waals surface area contributed by atoms with Gasteiger partial charge in [0.25, 0.3) is 0 Å². The van der Waals surface area contributed by atoms with Crippen LogP contribution in [0.5, 0.6) is 0 Å². The van der Waals surface area contributed by atoms with E-state index in [4.69, 9.17) is 10.00 Å². The molecule has 1 fully saturated rings. The van der Waals surface area contributed by atoms with Gasteiger partial charge in [-0.15, -0.1) is 0 Å². The van der Waals surface area contributed by atoms with Crippen LogP contribution in [0.1, 0.15) is 38.5 Å². The number of hydrogen-bond acceptors (Lipinski definition) is 2. The molecule has 2 unspecified atom stereocenters. The first kappa shape index (κ1) is 16.2. The zero-order chi connectivity index (χ0) is 14.5. The van der Waals surface area contributed by atoms with Gasteiger partial charge < -0.3 is 4.74 Å². The van der Waals surface area contributed by atoms with Crippen molar-refractivity contribution in [3.05, 3.63) is 0 Å². The molecule has 0 spiro atoms. The Balaban J connectivity index is 2.34. The maximum atomic E-state index is 12.7. The van der Waals surface area contributed by atoms with Gasteiger partial charge in [0.05, 0.1) is 12.2 Å². The van der Waals surface area contributed by atoms with Gasteiger partial charge in [0.1, 0.15) is 0 Å². The smallest absolute Gasteiger partial charge is 0.378 e. The molecule has 0 aromatic rings. The second-order valence-electron chi connectivity index (χ2n) is 4.78. The lowest BCUT2D eigenvalue weighted by atomic mass is 9.95. The molecule has 0 N–H and O–H groups in total. The molecule has 1 aliphatic rings. The molecule has 0 radical (unpaired) electrons. The molecule has 7 heteroatoms. The maximum absolute atomic E-state index is 12.7. The Kier molecular flexibility index (Phi) is 5.53. The first-order chi connectivity index (χ1) is 8.76. The monoisotopic (exact) mass is 285 g/mol. The molecule has 1 saturated heterocycles. The average Bonchev–Trinajstić information content (AvgIpc) is 2.80. The van der Waals surface area contributed by atoms with Crippen LogP contribution in [0.25, 0.3) is 0 Å². The van der Waals surface area contributed by atoms with E-state index >= 15 is 0 Å². The van der Waals surface area contributed by atoms with E-state index in [1.165, 1.54) is 0 Å². The molecular weight excluding hydrogens is 269 g/mol. The Labute approximate surface area is 108 Å². The lowest BCUT2D eigenvalue weighted by Crippen LogP contribution is -2.36. The van der Waals surface area contributed by atoms with Gasteiger partial charge in [-0.05, 0) is 32.1 Å². The molecule has 1 heterocycles. The van der Waals surface area contributed by atoms with Crippen LogP contribution in [0.2, 0.25) is 0 Å². The van der Waals surface area contributed by atoms with Crippen molar-refractivity contribution in [3.63, 3.8) is 0 Å². The van der Waals surface area contributed by atoms with E-state index in [9.17, 15) is 22.0 Å². The summed E-state index contributed by atoms with van der Waals surface area (Å²) < 4.78 is 66.6. The number of alkyl halides is 5. The lowest BCUT2D eigenvalue weighted by molar-refractivity contribution is -0.285. The highest BCUT2D eigenvalue weighted by molar-refractivity contribution is 4.87. The standard InChI is InChI=1S/C12H16F5NO/c13-11(14,12(15,16)17)6-5-9(8-18)3-4-10-2-1-7-19-10/h9-10H,1-7H2. The fourth-order valence-electron chi connectivity index (χ4n) is 2.03. The third-order valence-corrected chi connectivity index (χ3v) is 3.27. The van der Waals surface area contributed by atoms with E-state index in [-0.39, 0.29) is 6.10 Å². The quantitative estimate of drug-likeness (QED) is 0.689. The van der Waals surface area contributed by atoms with Gasteiger partial charge in [0.15, 0.2) is 0 Å². The predicted molar refractivity (Wildman–Crippen MR) is 57.5 cm³/mol. The zero-order valence-electron chi connectivity index (χ0n) is 10.3. The molecule has 2 nitrogen and oxygen atoms in total. The summed E-state index contributed by atoms with van der Waals surface area (Å²) >= 11 is 0. The van der Waals surface area contributed by atoms with Gasteiger partial charge in [0.2, 0.25) is 0 Å². The fraction of sp³-hybridized carbons (Fsp3) is 0.917. The maximum Gasteiger partial charge on any atom is 0.453 e. The van der Waals surface area contributed by atoms with Crippen LogP contribution >= 0.6 is 0 Å². The third-order valence-electron chi connectivity index (χ3n) is 3.27. The zero-order valence-corrected chi connectivity index (χ0v) is 10.3. The molecule has 0 bridgehead atoms. The van der Waals surface area contributed by atoms with Crippen molar-refractivity contribution in [1.82, 2.24) is 0 Å². The van der Waals surface area contributed by atoms with E-state index < -0.39 is 30.9 Å². The van der Waals surface area contributed by atoms with Gasteiger partial charge in [-0.1, -0.05) is 0 Å². The Morgan fingerprint density at radius 3 is 2.37 bits per heavy atom. The minimum atomic E-state index is -5.54. The normalized spacial score (nSPS) is 22.2. The van der Waals surface area contributed by atoms with Gasteiger partial charge in [-0.25, -0.2) is 0 Å². The summed E-state index contributed by atoms with van der Waals surface area (Å²) in [5.41, 5.74) is 0. The fourth-order valence-corrected chi connectivity index (χ4v) is 2.03. The predicted octanol–water partition coefficient (Wildman–Crippen LogP) is 4.06. The van der Waals surface area contributed by atoms with E-state index in [1.54, 1.807) is 6.07 Å². The van der Waals surface area contributed by atoms with Crippen LogP contribution in [0.4, 0.5) is 22.0 Å². The largest absolute Gasteiger partial charge is 0.453 e. The van der Waals surface area contributed by atoms with Crippen molar-refractivity contribution >= 4 is 0 Å². The summed E-state index contributed by atoms with van der Waals surface area (Å²) in [6.07, 6.45) is -4.69. The summed E-state index contributed by atoms with van der Waals surface area (Å²) in [5, 5.41) is 8.78. The van der Waals surface area contributed by atoms with E-state index in [2.05, 4.69) is 0 Å². The summed E-state index contributed by atoms with van der Waals surface area (Å²) in [4.78, 5) is 0. The van der Waals surface area contributed by atoms with Gasteiger partial charge in [0, 0.05) is 18.9 Å². The van der Waals surface area contributed by atoms with E-state index in [0.29, 0.717) is 19.4 Å². The molecule has 0 aliphatic carbocycles. The number of nitriles is 1. The van der Waals surface area contributed by atoms with Crippen LogP contribution in [0.15, 0.2) is 0 Å². The summed E-state index contributed by atoms with van der Waals surface area (Å²) in [6.45, 7) is 0.647. The van der Waals surface area contributed by atoms with Crippen LogP contribution in [0, 0.1) is 17.2 Å². The second kappa shape index (κ2) is 6.51. The van der Waals surface area contributed by atoms with E-state index in [0.717, 1.165) is 12.8 Å². The molecule has 0 aromatic heterocycles. The highest BCUT2D eigenvalue weighted by atomic mass is 19.4. The minimum Gasteiger partial charge on any atom is -0.378 e. The first-order valence-electron chi connectivity index (χ1n) is 6.22. The molecule has 1 rings (SSSR count). The van der Waals surface area contributed by atoms with Gasteiger partial charge >= 0.3 is 12.1 Å². The van der Waals surface area contributed by atoms with Crippen molar-refractivity contribution in [3.8, 4) is 6.07 Å². The van der Waals surface area contributed by atoms with Crippen molar-refractivity contribution in [2.45, 2.75) is 56.7 Å². The molecule has 2 atom stereocenters. The van der Waals surface area contributed by atoms with Crippen molar-refractivity contribution in [1.29, 1.82) is 5.26 Å². The van der Waals surface area contributed by atoms with Crippen LogP contribution in [0.3, 0.4) is 0 Å². The Bertz CT molecular complexity index is 317. The lowest BCUT2D eigenvalue weighted by Gasteiger charge is -2.20. The third kappa shape index (κ3) is 4.94. The minimum absolute atomic E-state index is 0.0129. The van der Waals surface area contributed by atoms with Crippen molar-refractivity contribution < 1.29 is 26.7 Å². The van der Waals surface area contributed by atoms with Crippen LogP contribution < -0.4 is 0 Å². The van der Waals surface area contributed by atoms with E-state index in [1.807, 2.05) is 0 Å². The highest BCUT2D eigenvalue weighted by Gasteiger charge is 2.56. The number of halogens is 5. The molecule has 0 amide bonds. The summed E-state index contributed by atoms with van der Waals surface area (Å²) in [6, 6.07) is 1.79. The van der Waals surface area contributed by atoms with Crippen molar-refractivity contribution in [2.24, 2.45) is 5.92 Å². The molecule has 0 aromatic carbocycles. The topological polar surface area (TPSA) is 33.0 Å². The number of ether oxygens (including phenoxy) is 1. The van der Waals surface area contributed by atoms with Crippen LogP contribution in [-0.4, -0.2) is 24.8 Å². The molecule has 0 saturated carbocycles. The number of hydrogen-bond donors (Lipinski definition) is 0. The number of nitrogens with zero attached hydrogens (tertiary/aromatic N) is 1. The Hall–Kier alpha value is -0.900. The summed E-state index contributed by atoms with van der Waals surface area (Å²) in [7, 11) is 0. The van der Waals surface area contributed by atoms with Gasteiger partial charge in [-0.2, -0.15) is 27.2 Å². The molecule has 19 heavy (non-hydrogen) atoms. The molecule has 110 valence electrons. The second-order valence-corrected chi connectivity index (χ2v) is 4.78. The summed E-state index contributed by atoms with van der Waals surface area (Å²) in [5.74, 6) is -5.50. The van der Waals surface area contributed by atoms with Crippen molar-refractivity contribution in [2.75, 3.05) is 6.61 Å². The highest BCUT2D eigenvalue weighted by Crippen LogP contribution is 2.40. The molecule has 1 aliphatic heterocycles. The Morgan fingerprint density at radius 2 is 1.89 bits per heavy atom. The average molecular weight is 285 g/mol. The SMILES string of the molecule is N#CC(CCC1CCCO1)CCC(F)(F)C(F)(F)F. The van der Waals surface area contributed by atoms with Gasteiger partial charge in [-0.3, -0.25) is 0 Å².